The van der Waals surface area contributed by atoms with Crippen molar-refractivity contribution in [3.8, 4) is 11.5 Å². The number of hydrogen-bond donors (Lipinski definition) is 2. The lowest BCUT2D eigenvalue weighted by molar-refractivity contribution is -0.114. The highest BCUT2D eigenvalue weighted by atomic mass is 35.5. The van der Waals surface area contributed by atoms with E-state index in [0.717, 1.165) is 9.87 Å². The van der Waals surface area contributed by atoms with Gasteiger partial charge in [0.1, 0.15) is 6.54 Å². The van der Waals surface area contributed by atoms with Gasteiger partial charge in [0.2, 0.25) is 22.7 Å². The zero-order valence-corrected chi connectivity index (χ0v) is 22.3. The Kier molecular flexibility index (Phi) is 7.53. The van der Waals surface area contributed by atoms with Crippen LogP contribution in [0.5, 0.6) is 11.5 Å². The molecule has 0 unspecified atom stereocenters. The standard InChI is InChI=1S/C24H24ClN3O7S2/c1-3-36(30,31)28(19-8-11-22-23(13-19)35-15-34-22)14-24(29)26-17-6-9-20(10-7-17)37(32,33)27-18-5-4-16(2)21(25)12-18/h4-13,27H,3,14-15H2,1-2H3,(H,26,29). The van der Waals surface area contributed by atoms with E-state index in [2.05, 4.69) is 10.0 Å². The first-order valence-corrected chi connectivity index (χ1v) is 14.5. The third-order valence-electron chi connectivity index (χ3n) is 5.50. The molecule has 0 atom stereocenters. The molecule has 0 radical (unpaired) electrons. The number of nitrogens with one attached hydrogen (secondary N) is 2. The highest BCUT2D eigenvalue weighted by Crippen LogP contribution is 2.36. The molecule has 3 aromatic carbocycles. The summed E-state index contributed by atoms with van der Waals surface area (Å²) in [5.41, 5.74) is 1.68. The van der Waals surface area contributed by atoms with Crippen molar-refractivity contribution in [1.82, 2.24) is 0 Å². The Hall–Kier alpha value is -3.48. The fraction of sp³-hybridized carbons (Fsp3) is 0.208. The van der Waals surface area contributed by atoms with Gasteiger partial charge in [-0.25, -0.2) is 16.8 Å². The molecule has 2 N–H and O–H groups in total. The van der Waals surface area contributed by atoms with E-state index in [1.165, 1.54) is 49.4 Å². The maximum Gasteiger partial charge on any atom is 0.261 e. The molecular weight excluding hydrogens is 542 g/mol. The van der Waals surface area contributed by atoms with Gasteiger partial charge in [-0.3, -0.25) is 13.8 Å². The molecule has 0 spiro atoms. The van der Waals surface area contributed by atoms with Gasteiger partial charge < -0.3 is 14.8 Å². The topological polar surface area (TPSA) is 131 Å². The fourth-order valence-corrected chi connectivity index (χ4v) is 5.76. The molecule has 0 fully saturated rings. The summed E-state index contributed by atoms with van der Waals surface area (Å²) in [6, 6.07) is 14.9. The average molecular weight is 566 g/mol. The molecule has 0 bridgehead atoms. The zero-order valence-electron chi connectivity index (χ0n) is 19.9. The summed E-state index contributed by atoms with van der Waals surface area (Å²) < 4.78 is 64.9. The number of nitrogens with zero attached hydrogens (tertiary/aromatic N) is 1. The van der Waals surface area contributed by atoms with E-state index >= 15 is 0 Å². The van der Waals surface area contributed by atoms with Crippen LogP contribution in [0.4, 0.5) is 17.1 Å². The Bertz CT molecular complexity index is 1540. The molecule has 10 nitrogen and oxygen atoms in total. The summed E-state index contributed by atoms with van der Waals surface area (Å²) in [5.74, 6) is 0.0304. The molecule has 196 valence electrons. The Morgan fingerprint density at radius 2 is 1.62 bits per heavy atom. The van der Waals surface area contributed by atoms with Crippen LogP contribution in [-0.2, 0) is 24.8 Å². The minimum atomic E-state index is -3.90. The number of anilines is 3. The van der Waals surface area contributed by atoms with Crippen molar-refractivity contribution in [2.24, 2.45) is 0 Å². The summed E-state index contributed by atoms with van der Waals surface area (Å²) in [4.78, 5) is 12.7. The van der Waals surface area contributed by atoms with Crippen LogP contribution in [0.2, 0.25) is 5.02 Å². The summed E-state index contributed by atoms with van der Waals surface area (Å²) in [6.45, 7) is 2.82. The molecule has 13 heteroatoms. The SMILES string of the molecule is CCS(=O)(=O)N(CC(=O)Nc1ccc(S(=O)(=O)Nc2ccc(C)c(Cl)c2)cc1)c1ccc2c(c1)OCO2. The van der Waals surface area contributed by atoms with E-state index in [-0.39, 0.29) is 23.1 Å². The van der Waals surface area contributed by atoms with Crippen molar-refractivity contribution in [3.05, 3.63) is 71.2 Å². The molecule has 0 aromatic heterocycles. The van der Waals surface area contributed by atoms with Crippen LogP contribution in [0, 0.1) is 6.92 Å². The van der Waals surface area contributed by atoms with Crippen molar-refractivity contribution in [2.45, 2.75) is 18.7 Å². The smallest absolute Gasteiger partial charge is 0.261 e. The molecule has 1 aliphatic rings. The highest BCUT2D eigenvalue weighted by molar-refractivity contribution is 7.93. The normalized spacial score (nSPS) is 12.7. The summed E-state index contributed by atoms with van der Waals surface area (Å²) in [5, 5.41) is 3.03. The molecular formula is C24H24ClN3O7S2. The number of rotatable bonds is 9. The molecule has 4 rings (SSSR count). The monoisotopic (exact) mass is 565 g/mol. The summed E-state index contributed by atoms with van der Waals surface area (Å²) >= 11 is 6.07. The number of carbonyl (C=O) groups is 1. The Balaban J connectivity index is 1.47. The minimum Gasteiger partial charge on any atom is -0.454 e. The molecule has 0 aliphatic carbocycles. The minimum absolute atomic E-state index is 0.0276. The molecule has 0 saturated carbocycles. The average Bonchev–Trinajstić information content (AvgIpc) is 3.33. The first-order valence-electron chi connectivity index (χ1n) is 11.1. The van der Waals surface area contributed by atoms with Crippen molar-refractivity contribution >= 4 is 54.6 Å². The second-order valence-corrected chi connectivity index (χ2v) is 12.4. The van der Waals surface area contributed by atoms with Gasteiger partial charge in [0.25, 0.3) is 10.0 Å². The first kappa shape index (κ1) is 26.6. The van der Waals surface area contributed by atoms with Crippen molar-refractivity contribution in [1.29, 1.82) is 0 Å². The van der Waals surface area contributed by atoms with E-state index in [4.69, 9.17) is 21.1 Å². The van der Waals surface area contributed by atoms with Crippen molar-refractivity contribution in [3.63, 3.8) is 0 Å². The lowest BCUT2D eigenvalue weighted by Gasteiger charge is -2.23. The molecule has 1 amide bonds. The number of aryl methyl sites for hydroxylation is 1. The number of benzene rings is 3. The largest absolute Gasteiger partial charge is 0.454 e. The number of amides is 1. The molecule has 1 aliphatic heterocycles. The van der Waals surface area contributed by atoms with Gasteiger partial charge in [0.15, 0.2) is 11.5 Å². The van der Waals surface area contributed by atoms with Gasteiger partial charge in [-0.05, 0) is 67.9 Å². The predicted molar refractivity (Wildman–Crippen MR) is 141 cm³/mol. The van der Waals surface area contributed by atoms with E-state index in [0.29, 0.717) is 27.9 Å². The Labute approximate surface area is 220 Å². The Morgan fingerprint density at radius 1 is 0.946 bits per heavy atom. The quantitative estimate of drug-likeness (QED) is 0.401. The van der Waals surface area contributed by atoms with Crippen LogP contribution in [-0.4, -0.2) is 41.8 Å². The summed E-state index contributed by atoms with van der Waals surface area (Å²) in [7, 11) is -7.70. The number of sulfonamides is 2. The van der Waals surface area contributed by atoms with Crippen LogP contribution in [0.15, 0.2) is 65.6 Å². The van der Waals surface area contributed by atoms with Crippen molar-refractivity contribution in [2.75, 3.05) is 33.4 Å². The lowest BCUT2D eigenvalue weighted by Crippen LogP contribution is -2.39. The van der Waals surface area contributed by atoms with Crippen LogP contribution in [0.1, 0.15) is 12.5 Å². The van der Waals surface area contributed by atoms with E-state index in [1.807, 2.05) is 0 Å². The van der Waals surface area contributed by atoms with Crippen LogP contribution in [0.3, 0.4) is 0 Å². The lowest BCUT2D eigenvalue weighted by atomic mass is 10.2. The zero-order chi connectivity index (χ0) is 26.8. The fourth-order valence-electron chi connectivity index (χ4n) is 3.47. The number of fused-ring (bicyclic) bond motifs is 1. The first-order chi connectivity index (χ1) is 17.5. The van der Waals surface area contributed by atoms with Crippen LogP contribution >= 0.6 is 11.6 Å². The van der Waals surface area contributed by atoms with Gasteiger partial charge in [-0.1, -0.05) is 17.7 Å². The maximum atomic E-state index is 12.8. The number of ether oxygens (including phenoxy) is 2. The van der Waals surface area contributed by atoms with Crippen LogP contribution < -0.4 is 23.8 Å². The van der Waals surface area contributed by atoms with Gasteiger partial charge in [-0.2, -0.15) is 0 Å². The van der Waals surface area contributed by atoms with Crippen molar-refractivity contribution < 1.29 is 31.1 Å². The molecule has 3 aromatic rings. The van der Waals surface area contributed by atoms with E-state index in [1.54, 1.807) is 25.1 Å². The summed E-state index contributed by atoms with van der Waals surface area (Å²) in [6.07, 6.45) is 0. The molecule has 0 saturated heterocycles. The number of halogens is 1. The number of carbonyl (C=O) groups excluding carboxylic acids is 1. The predicted octanol–water partition coefficient (Wildman–Crippen LogP) is 3.97. The van der Waals surface area contributed by atoms with Gasteiger partial charge in [0, 0.05) is 16.8 Å². The van der Waals surface area contributed by atoms with E-state index < -0.39 is 32.5 Å². The highest BCUT2D eigenvalue weighted by Gasteiger charge is 2.26. The molecule has 37 heavy (non-hydrogen) atoms. The second-order valence-electron chi connectivity index (χ2n) is 8.09. The van der Waals surface area contributed by atoms with Crippen LogP contribution in [0.25, 0.3) is 0 Å². The maximum absolute atomic E-state index is 12.8. The third-order valence-corrected chi connectivity index (χ3v) is 9.05. The number of hydrogen-bond acceptors (Lipinski definition) is 7. The van der Waals surface area contributed by atoms with E-state index in [9.17, 15) is 21.6 Å². The van der Waals surface area contributed by atoms with Gasteiger partial charge in [0.05, 0.1) is 22.0 Å². The van der Waals surface area contributed by atoms with Gasteiger partial charge in [-0.15, -0.1) is 0 Å². The third kappa shape index (κ3) is 6.09. The second kappa shape index (κ2) is 10.5. The van der Waals surface area contributed by atoms with Gasteiger partial charge >= 0.3 is 0 Å². The molecule has 1 heterocycles. The Morgan fingerprint density at radius 3 is 2.30 bits per heavy atom.